The molecule has 0 aromatic carbocycles. The highest BCUT2D eigenvalue weighted by Gasteiger charge is 2.22. The van der Waals surface area contributed by atoms with E-state index in [0.29, 0.717) is 24.7 Å². The van der Waals surface area contributed by atoms with Crippen molar-refractivity contribution in [1.82, 2.24) is 10.5 Å². The van der Waals surface area contributed by atoms with Crippen molar-refractivity contribution in [1.29, 1.82) is 0 Å². The maximum atomic E-state index is 11.6. The second-order valence-corrected chi connectivity index (χ2v) is 3.38. The second kappa shape index (κ2) is 4.41. The van der Waals surface area contributed by atoms with Gasteiger partial charge in [0.25, 0.3) is 5.91 Å². The van der Waals surface area contributed by atoms with Gasteiger partial charge < -0.3 is 19.9 Å². The first-order valence-electron chi connectivity index (χ1n) is 4.82. The SMILES string of the molecule is Cc1cc(NC(=O)C2CNCCO2)no1. The normalized spacial score (nSPS) is 21.3. The topological polar surface area (TPSA) is 76.4 Å². The van der Waals surface area contributed by atoms with Gasteiger partial charge in [0.2, 0.25) is 0 Å². The molecule has 1 saturated heterocycles. The smallest absolute Gasteiger partial charge is 0.256 e. The van der Waals surface area contributed by atoms with Crippen molar-refractivity contribution in [3.8, 4) is 0 Å². The van der Waals surface area contributed by atoms with Gasteiger partial charge in [0, 0.05) is 19.2 Å². The summed E-state index contributed by atoms with van der Waals surface area (Å²) in [7, 11) is 0. The Morgan fingerprint density at radius 2 is 2.60 bits per heavy atom. The Morgan fingerprint density at radius 3 is 3.20 bits per heavy atom. The zero-order valence-corrected chi connectivity index (χ0v) is 8.45. The Balaban J connectivity index is 1.91. The summed E-state index contributed by atoms with van der Waals surface area (Å²) >= 11 is 0. The van der Waals surface area contributed by atoms with Crippen LogP contribution in [0.4, 0.5) is 5.82 Å². The highest BCUT2D eigenvalue weighted by molar-refractivity contribution is 5.93. The highest BCUT2D eigenvalue weighted by atomic mass is 16.5. The van der Waals surface area contributed by atoms with Gasteiger partial charge in [-0.25, -0.2) is 0 Å². The van der Waals surface area contributed by atoms with Crippen LogP contribution in [0.25, 0.3) is 0 Å². The van der Waals surface area contributed by atoms with Crippen LogP contribution in [0.1, 0.15) is 5.76 Å². The number of rotatable bonds is 2. The van der Waals surface area contributed by atoms with Gasteiger partial charge in [0.15, 0.2) is 5.82 Å². The molecular formula is C9H13N3O3. The summed E-state index contributed by atoms with van der Waals surface area (Å²) in [5.74, 6) is 0.884. The maximum Gasteiger partial charge on any atom is 0.256 e. The van der Waals surface area contributed by atoms with E-state index in [1.807, 2.05) is 0 Å². The molecule has 0 bridgehead atoms. The lowest BCUT2D eigenvalue weighted by atomic mass is 10.3. The van der Waals surface area contributed by atoms with Crippen molar-refractivity contribution in [3.05, 3.63) is 11.8 Å². The summed E-state index contributed by atoms with van der Waals surface area (Å²) in [4.78, 5) is 11.6. The number of nitrogens with one attached hydrogen (secondary N) is 2. The Hall–Kier alpha value is -1.40. The van der Waals surface area contributed by atoms with Gasteiger partial charge in [0.05, 0.1) is 6.61 Å². The first kappa shape index (κ1) is 10.1. The van der Waals surface area contributed by atoms with Crippen molar-refractivity contribution < 1.29 is 14.1 Å². The Morgan fingerprint density at radius 1 is 1.73 bits per heavy atom. The minimum absolute atomic E-state index is 0.199. The minimum atomic E-state index is -0.448. The molecule has 2 N–H and O–H groups in total. The lowest BCUT2D eigenvalue weighted by Gasteiger charge is -2.21. The van der Waals surface area contributed by atoms with E-state index in [1.165, 1.54) is 0 Å². The number of nitrogens with zero attached hydrogens (tertiary/aromatic N) is 1. The molecule has 0 radical (unpaired) electrons. The summed E-state index contributed by atoms with van der Waals surface area (Å²) in [5, 5.41) is 9.37. The van der Waals surface area contributed by atoms with Crippen molar-refractivity contribution in [2.24, 2.45) is 0 Å². The molecule has 15 heavy (non-hydrogen) atoms. The third kappa shape index (κ3) is 2.54. The third-order valence-corrected chi connectivity index (χ3v) is 2.10. The molecule has 2 heterocycles. The number of morpholine rings is 1. The quantitative estimate of drug-likeness (QED) is 0.715. The number of anilines is 1. The van der Waals surface area contributed by atoms with E-state index >= 15 is 0 Å². The molecule has 1 aliphatic heterocycles. The number of aromatic nitrogens is 1. The number of hydrogen-bond acceptors (Lipinski definition) is 5. The molecule has 6 heteroatoms. The van der Waals surface area contributed by atoms with E-state index in [0.717, 1.165) is 6.54 Å². The summed E-state index contributed by atoms with van der Waals surface area (Å²) < 4.78 is 10.1. The van der Waals surface area contributed by atoms with Gasteiger partial charge in [-0.2, -0.15) is 0 Å². The van der Waals surface area contributed by atoms with Crippen LogP contribution in [0.2, 0.25) is 0 Å². The standard InChI is InChI=1S/C9H13N3O3/c1-6-4-8(12-15-6)11-9(13)7-5-10-2-3-14-7/h4,7,10H,2-3,5H2,1H3,(H,11,12,13). The monoisotopic (exact) mass is 211 g/mol. The molecule has 2 rings (SSSR count). The van der Waals surface area contributed by atoms with E-state index in [9.17, 15) is 4.79 Å². The first-order valence-corrected chi connectivity index (χ1v) is 4.82. The number of ether oxygens (including phenoxy) is 1. The molecule has 1 unspecified atom stereocenters. The number of amides is 1. The van der Waals surface area contributed by atoms with Crippen molar-refractivity contribution in [2.75, 3.05) is 25.0 Å². The molecule has 0 spiro atoms. The van der Waals surface area contributed by atoms with E-state index in [1.54, 1.807) is 13.0 Å². The fourth-order valence-electron chi connectivity index (χ4n) is 1.37. The van der Waals surface area contributed by atoms with Gasteiger partial charge in [-0.15, -0.1) is 0 Å². The third-order valence-electron chi connectivity index (χ3n) is 2.10. The molecule has 1 aromatic heterocycles. The summed E-state index contributed by atoms with van der Waals surface area (Å²) in [6.07, 6.45) is -0.448. The molecule has 0 aliphatic carbocycles. The van der Waals surface area contributed by atoms with E-state index in [4.69, 9.17) is 9.26 Å². The zero-order chi connectivity index (χ0) is 10.7. The van der Waals surface area contributed by atoms with Gasteiger partial charge in [-0.3, -0.25) is 4.79 Å². The summed E-state index contributed by atoms with van der Waals surface area (Å²) in [6, 6.07) is 1.66. The van der Waals surface area contributed by atoms with Crippen molar-refractivity contribution in [2.45, 2.75) is 13.0 Å². The first-order chi connectivity index (χ1) is 7.25. The lowest BCUT2D eigenvalue weighted by molar-refractivity contribution is -0.128. The number of hydrogen-bond donors (Lipinski definition) is 2. The van der Waals surface area contributed by atoms with Gasteiger partial charge in [-0.1, -0.05) is 5.16 Å². The Labute approximate surface area is 87.0 Å². The molecule has 1 atom stereocenters. The molecule has 82 valence electrons. The predicted octanol–water partition coefficient (Wildman–Crippen LogP) is -0.0901. The summed E-state index contributed by atoms with van der Waals surface area (Å²) in [5.41, 5.74) is 0. The van der Waals surface area contributed by atoms with Crippen molar-refractivity contribution >= 4 is 11.7 Å². The van der Waals surface area contributed by atoms with Crippen LogP contribution in [0, 0.1) is 6.92 Å². The zero-order valence-electron chi connectivity index (χ0n) is 8.45. The van der Waals surface area contributed by atoms with E-state index < -0.39 is 6.10 Å². The Bertz CT molecular complexity index is 344. The largest absolute Gasteiger partial charge is 0.366 e. The lowest BCUT2D eigenvalue weighted by Crippen LogP contribution is -2.45. The van der Waals surface area contributed by atoms with Crippen LogP contribution < -0.4 is 10.6 Å². The summed E-state index contributed by atoms with van der Waals surface area (Å²) in [6.45, 7) is 3.63. The van der Waals surface area contributed by atoms with E-state index in [-0.39, 0.29) is 5.91 Å². The molecule has 1 amide bonds. The van der Waals surface area contributed by atoms with Crippen LogP contribution in [-0.2, 0) is 9.53 Å². The number of carbonyl (C=O) groups excluding carboxylic acids is 1. The van der Waals surface area contributed by atoms with Crippen LogP contribution in [0.5, 0.6) is 0 Å². The average molecular weight is 211 g/mol. The van der Waals surface area contributed by atoms with Crippen LogP contribution in [0.15, 0.2) is 10.6 Å². The van der Waals surface area contributed by atoms with Gasteiger partial charge >= 0.3 is 0 Å². The predicted molar refractivity (Wildman–Crippen MR) is 52.5 cm³/mol. The maximum absolute atomic E-state index is 11.6. The van der Waals surface area contributed by atoms with Crippen LogP contribution in [0.3, 0.4) is 0 Å². The highest BCUT2D eigenvalue weighted by Crippen LogP contribution is 2.08. The van der Waals surface area contributed by atoms with Crippen LogP contribution in [-0.4, -0.2) is 36.9 Å². The molecular weight excluding hydrogens is 198 g/mol. The molecule has 1 aromatic rings. The minimum Gasteiger partial charge on any atom is -0.366 e. The van der Waals surface area contributed by atoms with E-state index in [2.05, 4.69) is 15.8 Å². The second-order valence-electron chi connectivity index (χ2n) is 3.38. The fraction of sp³-hybridized carbons (Fsp3) is 0.556. The van der Waals surface area contributed by atoms with Crippen molar-refractivity contribution in [3.63, 3.8) is 0 Å². The Kier molecular flexibility index (Phi) is 2.98. The average Bonchev–Trinajstić information content (AvgIpc) is 2.65. The molecule has 1 aliphatic rings. The van der Waals surface area contributed by atoms with Gasteiger partial charge in [0.1, 0.15) is 11.9 Å². The number of aryl methyl sites for hydroxylation is 1. The molecule has 0 saturated carbocycles. The molecule has 6 nitrogen and oxygen atoms in total. The van der Waals surface area contributed by atoms with Gasteiger partial charge in [-0.05, 0) is 6.92 Å². The fourth-order valence-corrected chi connectivity index (χ4v) is 1.37. The number of carbonyl (C=O) groups is 1. The van der Waals surface area contributed by atoms with Crippen LogP contribution >= 0.6 is 0 Å². The molecule has 1 fully saturated rings.